The lowest BCUT2D eigenvalue weighted by Gasteiger charge is -2.26. The fraction of sp³-hybridized carbons (Fsp3) is 0.117. The van der Waals surface area contributed by atoms with Crippen LogP contribution >= 0.6 is 0 Å². The van der Waals surface area contributed by atoms with E-state index in [4.69, 9.17) is 0 Å². The molecule has 3 aliphatic rings. The molecule has 0 radical (unpaired) electrons. The van der Waals surface area contributed by atoms with Gasteiger partial charge >= 0.3 is 0 Å². The van der Waals surface area contributed by atoms with Crippen molar-refractivity contribution in [3.05, 3.63) is 264 Å². The maximum Gasteiger partial charge on any atom is 0.0159 e. The molecule has 13 aromatic rings. The Morgan fingerprint density at radius 1 is 0.195 bits per heavy atom. The highest BCUT2D eigenvalue weighted by Gasteiger charge is 2.39. The first-order chi connectivity index (χ1) is 37.5. The highest BCUT2D eigenvalue weighted by Crippen LogP contribution is 2.57. The summed E-state index contributed by atoms with van der Waals surface area (Å²) in [4.78, 5) is 0. The first-order valence-corrected chi connectivity index (χ1v) is 27.6. The van der Waals surface area contributed by atoms with Gasteiger partial charge in [-0.15, -0.1) is 0 Å². The topological polar surface area (TPSA) is 0 Å². The van der Waals surface area contributed by atoms with Gasteiger partial charge in [-0.2, -0.15) is 0 Å². The smallest absolute Gasteiger partial charge is 0.0159 e. The normalized spacial score (nSPS) is 14.9. The van der Waals surface area contributed by atoms with Crippen LogP contribution in [0.5, 0.6) is 0 Å². The van der Waals surface area contributed by atoms with Gasteiger partial charge in [0.1, 0.15) is 0 Å². The van der Waals surface area contributed by atoms with Crippen LogP contribution in [0.3, 0.4) is 0 Å². The number of hydrogen-bond donors (Lipinski definition) is 0. The van der Waals surface area contributed by atoms with E-state index >= 15 is 0 Å². The molecule has 0 N–H and O–H groups in total. The van der Waals surface area contributed by atoms with Gasteiger partial charge in [0.15, 0.2) is 0 Å². The minimum atomic E-state index is -0.191. The van der Waals surface area contributed by atoms with Crippen LogP contribution in [0, 0.1) is 0 Å². The van der Waals surface area contributed by atoms with E-state index in [0.717, 1.165) is 0 Å². The molecule has 0 saturated carbocycles. The Balaban J connectivity index is 1.04. The van der Waals surface area contributed by atoms with Crippen molar-refractivity contribution in [3.8, 4) is 77.9 Å². The molecule has 364 valence electrons. The molecule has 0 aromatic heterocycles. The molecule has 0 unspecified atom stereocenters. The molecule has 0 fully saturated rings. The molecule has 16 rings (SSSR count). The third-order valence-electron chi connectivity index (χ3n) is 18.8. The summed E-state index contributed by atoms with van der Waals surface area (Å²) in [5.74, 6) is 0. The summed E-state index contributed by atoms with van der Waals surface area (Å²) in [6.45, 7) is 14.5. The molecule has 77 heavy (non-hydrogen) atoms. The van der Waals surface area contributed by atoms with Crippen LogP contribution in [0.1, 0.15) is 74.9 Å². The summed E-state index contributed by atoms with van der Waals surface area (Å²) >= 11 is 0. The van der Waals surface area contributed by atoms with E-state index < -0.39 is 0 Å². The van der Waals surface area contributed by atoms with Crippen LogP contribution in [0.25, 0.3) is 132 Å². The van der Waals surface area contributed by atoms with Gasteiger partial charge in [-0.25, -0.2) is 0 Å². The Morgan fingerprint density at radius 2 is 0.519 bits per heavy atom. The molecule has 0 heteroatoms. The lowest BCUT2D eigenvalue weighted by molar-refractivity contribution is 0.660. The van der Waals surface area contributed by atoms with Gasteiger partial charge in [0.05, 0.1) is 0 Å². The monoisotopic (exact) mass is 980 g/mol. The summed E-state index contributed by atoms with van der Waals surface area (Å²) in [6.07, 6.45) is 0. The summed E-state index contributed by atoms with van der Waals surface area (Å²) < 4.78 is 0. The van der Waals surface area contributed by atoms with Gasteiger partial charge < -0.3 is 0 Å². The first-order valence-electron chi connectivity index (χ1n) is 27.6. The fourth-order valence-corrected chi connectivity index (χ4v) is 15.0. The Hall–Kier alpha value is -8.84. The van der Waals surface area contributed by atoms with Gasteiger partial charge in [0.2, 0.25) is 0 Å². The molecular formula is C77H56. The number of benzene rings is 13. The minimum Gasteiger partial charge on any atom is -0.0619 e. The van der Waals surface area contributed by atoms with Crippen LogP contribution < -0.4 is 0 Å². The van der Waals surface area contributed by atoms with E-state index in [-0.39, 0.29) is 16.2 Å². The van der Waals surface area contributed by atoms with Gasteiger partial charge in [-0.05, 0) is 202 Å². The Morgan fingerprint density at radius 3 is 1.05 bits per heavy atom. The highest BCUT2D eigenvalue weighted by atomic mass is 14.4. The van der Waals surface area contributed by atoms with Crippen LogP contribution in [-0.4, -0.2) is 0 Å². The number of fused-ring (bicyclic) bond motifs is 14. The van der Waals surface area contributed by atoms with E-state index in [1.54, 1.807) is 0 Å². The minimum absolute atomic E-state index is 0.152. The maximum atomic E-state index is 2.61. The van der Waals surface area contributed by atoms with E-state index in [2.05, 4.69) is 272 Å². The van der Waals surface area contributed by atoms with E-state index in [1.807, 2.05) is 0 Å². The Bertz CT molecular complexity index is 4710. The predicted octanol–water partition coefficient (Wildman–Crippen LogP) is 21.0. The Labute approximate surface area is 451 Å². The van der Waals surface area contributed by atoms with Crippen molar-refractivity contribution < 1.29 is 0 Å². The highest BCUT2D eigenvalue weighted by molar-refractivity contribution is 6.26. The zero-order valence-electron chi connectivity index (χ0n) is 44.4. The van der Waals surface area contributed by atoms with Crippen molar-refractivity contribution in [2.45, 2.75) is 57.8 Å². The SMILES string of the molecule is CC1(C)c2ccccc2-c2ccc(-c3c4ccc(-c5c6ccccc6c(-c6ccc7ccccc7c6)c6ccccc56)cc4c(-c4ccc5c(c4)C(C)(C)c4ccccc4-5)c4cc5c(cc34)-c3ccccc3C5(C)C)cc21. The van der Waals surface area contributed by atoms with Crippen molar-refractivity contribution in [2.75, 3.05) is 0 Å². The first kappa shape index (κ1) is 44.5. The van der Waals surface area contributed by atoms with Crippen molar-refractivity contribution in [1.29, 1.82) is 0 Å². The molecule has 13 aromatic carbocycles. The average molecular weight is 981 g/mol. The second-order valence-electron chi connectivity index (χ2n) is 23.9. The summed E-state index contributed by atoms with van der Waals surface area (Å²) in [6, 6.07) is 88.6. The number of hydrogen-bond acceptors (Lipinski definition) is 0. The molecule has 0 saturated heterocycles. The lowest BCUT2D eigenvalue weighted by Crippen LogP contribution is -2.15. The van der Waals surface area contributed by atoms with Gasteiger partial charge in [0, 0.05) is 16.2 Å². The fourth-order valence-electron chi connectivity index (χ4n) is 15.0. The van der Waals surface area contributed by atoms with Crippen LogP contribution in [0.2, 0.25) is 0 Å². The molecule has 0 nitrogen and oxygen atoms in total. The van der Waals surface area contributed by atoms with E-state index in [1.165, 1.54) is 165 Å². The predicted molar refractivity (Wildman–Crippen MR) is 328 cm³/mol. The van der Waals surface area contributed by atoms with Crippen molar-refractivity contribution in [1.82, 2.24) is 0 Å². The average Bonchev–Trinajstić information content (AvgIpc) is 4.05. The molecule has 0 amide bonds. The zero-order chi connectivity index (χ0) is 51.7. The molecule has 0 atom stereocenters. The number of rotatable bonds is 4. The zero-order valence-corrected chi connectivity index (χ0v) is 44.4. The molecule has 0 spiro atoms. The summed E-state index contributed by atoms with van der Waals surface area (Å²) in [7, 11) is 0. The van der Waals surface area contributed by atoms with E-state index in [0.29, 0.717) is 0 Å². The van der Waals surface area contributed by atoms with Crippen LogP contribution in [0.15, 0.2) is 231 Å². The molecule has 0 aliphatic heterocycles. The maximum absolute atomic E-state index is 2.61. The third kappa shape index (κ3) is 6.05. The largest absolute Gasteiger partial charge is 0.0619 e. The second-order valence-corrected chi connectivity index (χ2v) is 23.9. The summed E-state index contributed by atoms with van der Waals surface area (Å²) in [5, 5.41) is 12.6. The van der Waals surface area contributed by atoms with Gasteiger partial charge in [-0.3, -0.25) is 0 Å². The molecule has 0 heterocycles. The second kappa shape index (κ2) is 15.6. The quantitative estimate of drug-likeness (QED) is 0.154. The lowest BCUT2D eigenvalue weighted by atomic mass is 9.77. The van der Waals surface area contributed by atoms with Crippen LogP contribution in [0.4, 0.5) is 0 Å². The standard InChI is InChI=1S/C77H56/c1-75(2)65-28-16-13-21-51(65)54-36-33-49(41-68(54)75)73-60-38-35-48(72-58-26-11-9-24-56(58)71(57-25-10-12-27-59(57)72)47-32-31-45-19-7-8-20-46(45)39-47)40-62(60)74(50-34-37-55-52-22-14-17-29-66(52)76(3,4)69(55)42-50)64-44-70-61(43-63(64)73)53-23-15-18-30-67(53)77(70,5)6/h7-44H,1-6H3. The van der Waals surface area contributed by atoms with Gasteiger partial charge in [-0.1, -0.05) is 236 Å². The molecular weight excluding hydrogens is 925 g/mol. The molecule has 3 aliphatic carbocycles. The van der Waals surface area contributed by atoms with E-state index in [9.17, 15) is 0 Å². The molecule has 0 bridgehead atoms. The Kier molecular flexibility index (Phi) is 9.02. The van der Waals surface area contributed by atoms with Gasteiger partial charge in [0.25, 0.3) is 0 Å². The summed E-state index contributed by atoms with van der Waals surface area (Å²) in [5.41, 5.74) is 26.0. The third-order valence-corrected chi connectivity index (χ3v) is 18.8. The van der Waals surface area contributed by atoms with Crippen molar-refractivity contribution in [2.24, 2.45) is 0 Å². The van der Waals surface area contributed by atoms with Crippen molar-refractivity contribution in [3.63, 3.8) is 0 Å². The van der Waals surface area contributed by atoms with Crippen LogP contribution in [-0.2, 0) is 16.2 Å². The van der Waals surface area contributed by atoms with Crippen molar-refractivity contribution >= 4 is 53.9 Å².